The zero-order chi connectivity index (χ0) is 19.4. The van der Waals surface area contributed by atoms with Gasteiger partial charge in [-0.15, -0.1) is 0 Å². The third-order valence-corrected chi connectivity index (χ3v) is 5.12. The SMILES string of the molecule is CN=C1S/C(=C/c2ccc(OCc3cccc(F)c3)c(OC)c2)C(=O)N1C. The summed E-state index contributed by atoms with van der Waals surface area (Å²) in [5.74, 6) is 0.686. The first kappa shape index (κ1) is 19.0. The highest BCUT2D eigenvalue weighted by Gasteiger charge is 2.29. The van der Waals surface area contributed by atoms with Gasteiger partial charge in [-0.3, -0.25) is 14.7 Å². The van der Waals surface area contributed by atoms with E-state index in [1.165, 1.54) is 28.8 Å². The average Bonchev–Trinajstić information content (AvgIpc) is 2.94. The normalized spacial score (nSPS) is 17.0. The topological polar surface area (TPSA) is 51.1 Å². The predicted molar refractivity (Wildman–Crippen MR) is 105 cm³/mol. The minimum absolute atomic E-state index is 0.0917. The lowest BCUT2D eigenvalue weighted by Gasteiger charge is -2.11. The van der Waals surface area contributed by atoms with Crippen LogP contribution in [0.2, 0.25) is 0 Å². The van der Waals surface area contributed by atoms with Crippen molar-refractivity contribution in [1.82, 2.24) is 4.90 Å². The molecule has 0 bridgehead atoms. The van der Waals surface area contributed by atoms with Gasteiger partial charge in [-0.1, -0.05) is 18.2 Å². The highest BCUT2D eigenvalue weighted by atomic mass is 32.2. The second-order valence-corrected chi connectivity index (χ2v) is 6.82. The Morgan fingerprint density at radius 1 is 1.22 bits per heavy atom. The number of methoxy groups -OCH3 is 1. The fourth-order valence-corrected chi connectivity index (χ4v) is 3.51. The average molecular weight is 386 g/mol. The van der Waals surface area contributed by atoms with E-state index in [2.05, 4.69) is 4.99 Å². The first-order valence-corrected chi connectivity index (χ1v) is 9.03. The minimum atomic E-state index is -0.302. The van der Waals surface area contributed by atoms with Crippen LogP contribution in [0.4, 0.5) is 4.39 Å². The van der Waals surface area contributed by atoms with Gasteiger partial charge in [-0.2, -0.15) is 0 Å². The van der Waals surface area contributed by atoms with E-state index in [1.54, 1.807) is 51.5 Å². The number of nitrogens with zero attached hydrogens (tertiary/aromatic N) is 2. The van der Waals surface area contributed by atoms with Crippen molar-refractivity contribution in [3.05, 3.63) is 64.3 Å². The van der Waals surface area contributed by atoms with Gasteiger partial charge in [0.05, 0.1) is 12.0 Å². The van der Waals surface area contributed by atoms with Gasteiger partial charge in [0.2, 0.25) is 0 Å². The number of benzene rings is 2. The Morgan fingerprint density at radius 2 is 2.04 bits per heavy atom. The minimum Gasteiger partial charge on any atom is -0.493 e. The summed E-state index contributed by atoms with van der Waals surface area (Å²) in [5, 5.41) is 0.660. The van der Waals surface area contributed by atoms with E-state index in [4.69, 9.17) is 9.47 Å². The molecule has 0 atom stereocenters. The zero-order valence-electron chi connectivity index (χ0n) is 15.2. The number of ether oxygens (including phenoxy) is 2. The summed E-state index contributed by atoms with van der Waals surface area (Å²) in [5.41, 5.74) is 1.54. The van der Waals surface area contributed by atoms with Crippen LogP contribution in [0.1, 0.15) is 11.1 Å². The van der Waals surface area contributed by atoms with Crippen LogP contribution in [0, 0.1) is 5.82 Å². The third-order valence-electron chi connectivity index (χ3n) is 3.96. The molecule has 0 saturated carbocycles. The van der Waals surface area contributed by atoms with E-state index >= 15 is 0 Å². The molecule has 0 N–H and O–H groups in total. The van der Waals surface area contributed by atoms with Crippen LogP contribution in [0.25, 0.3) is 6.08 Å². The number of carbonyl (C=O) groups is 1. The fourth-order valence-electron chi connectivity index (χ4n) is 2.58. The van der Waals surface area contributed by atoms with E-state index in [1.807, 2.05) is 6.07 Å². The van der Waals surface area contributed by atoms with Crippen LogP contribution in [0.3, 0.4) is 0 Å². The molecule has 0 unspecified atom stereocenters. The van der Waals surface area contributed by atoms with Crippen LogP contribution >= 0.6 is 11.8 Å². The van der Waals surface area contributed by atoms with Gasteiger partial charge in [0, 0.05) is 14.1 Å². The molecule has 0 spiro atoms. The molecule has 1 heterocycles. The predicted octanol–water partition coefficient (Wildman–Crippen LogP) is 3.95. The van der Waals surface area contributed by atoms with Gasteiger partial charge in [0.1, 0.15) is 12.4 Å². The summed E-state index contributed by atoms with van der Waals surface area (Å²) in [6.07, 6.45) is 1.79. The zero-order valence-corrected chi connectivity index (χ0v) is 16.0. The molecule has 1 aliphatic rings. The molecular weight excluding hydrogens is 367 g/mol. The van der Waals surface area contributed by atoms with Crippen molar-refractivity contribution < 1.29 is 18.7 Å². The van der Waals surface area contributed by atoms with Crippen molar-refractivity contribution in [3.8, 4) is 11.5 Å². The Kier molecular flexibility index (Phi) is 5.81. The first-order chi connectivity index (χ1) is 13.0. The summed E-state index contributed by atoms with van der Waals surface area (Å²) < 4.78 is 24.4. The summed E-state index contributed by atoms with van der Waals surface area (Å²) in [6.45, 7) is 0.226. The Balaban J connectivity index is 1.78. The molecule has 27 heavy (non-hydrogen) atoms. The monoisotopic (exact) mass is 386 g/mol. The lowest BCUT2D eigenvalue weighted by Crippen LogP contribution is -2.23. The summed E-state index contributed by atoms with van der Waals surface area (Å²) in [4.78, 5) is 18.5. The van der Waals surface area contributed by atoms with Crippen LogP contribution in [-0.2, 0) is 11.4 Å². The molecule has 7 heteroatoms. The number of amidine groups is 1. The fraction of sp³-hybridized carbons (Fsp3) is 0.200. The number of carbonyl (C=O) groups excluding carboxylic acids is 1. The molecule has 1 amide bonds. The number of rotatable bonds is 5. The Labute approximate surface area is 161 Å². The van der Waals surface area contributed by atoms with Gasteiger partial charge in [0.25, 0.3) is 5.91 Å². The molecule has 1 saturated heterocycles. The van der Waals surface area contributed by atoms with Crippen molar-refractivity contribution in [3.63, 3.8) is 0 Å². The van der Waals surface area contributed by atoms with E-state index < -0.39 is 0 Å². The second-order valence-electron chi connectivity index (χ2n) is 5.81. The molecule has 1 fully saturated rings. The summed E-state index contributed by atoms with van der Waals surface area (Å²) in [6, 6.07) is 11.7. The molecule has 140 valence electrons. The Hall–Kier alpha value is -2.80. The highest BCUT2D eigenvalue weighted by molar-refractivity contribution is 8.18. The standard InChI is InChI=1S/C20H19FN2O3S/c1-22-20-23(2)19(24)18(27-20)11-13-7-8-16(17(10-13)25-3)26-12-14-5-4-6-15(21)9-14/h4-11H,12H2,1-3H3/b18-11+,22-20?. The maximum absolute atomic E-state index is 13.3. The van der Waals surface area contributed by atoms with E-state index in [9.17, 15) is 9.18 Å². The van der Waals surface area contributed by atoms with E-state index in [0.29, 0.717) is 21.6 Å². The largest absolute Gasteiger partial charge is 0.493 e. The number of halogens is 1. The van der Waals surface area contributed by atoms with Crippen molar-refractivity contribution in [1.29, 1.82) is 0 Å². The maximum atomic E-state index is 13.3. The molecule has 3 rings (SSSR count). The van der Waals surface area contributed by atoms with Gasteiger partial charge in [-0.25, -0.2) is 4.39 Å². The van der Waals surface area contributed by atoms with Crippen molar-refractivity contribution >= 4 is 28.9 Å². The Bertz CT molecular complexity index is 927. The lowest BCUT2D eigenvalue weighted by atomic mass is 10.2. The molecule has 0 aliphatic carbocycles. The third kappa shape index (κ3) is 4.31. The van der Waals surface area contributed by atoms with Crippen molar-refractivity contribution in [2.45, 2.75) is 6.61 Å². The van der Waals surface area contributed by atoms with Crippen LogP contribution in [-0.4, -0.2) is 37.2 Å². The second kappa shape index (κ2) is 8.26. The van der Waals surface area contributed by atoms with E-state index in [-0.39, 0.29) is 18.3 Å². The summed E-state index contributed by atoms with van der Waals surface area (Å²) >= 11 is 1.33. The highest BCUT2D eigenvalue weighted by Crippen LogP contribution is 2.34. The lowest BCUT2D eigenvalue weighted by molar-refractivity contribution is -0.121. The van der Waals surface area contributed by atoms with Gasteiger partial charge >= 0.3 is 0 Å². The summed E-state index contributed by atoms with van der Waals surface area (Å²) in [7, 11) is 4.90. The molecule has 1 aliphatic heterocycles. The number of amides is 1. The van der Waals surface area contributed by atoms with E-state index in [0.717, 1.165) is 11.1 Å². The Morgan fingerprint density at radius 3 is 2.70 bits per heavy atom. The molecule has 0 aromatic heterocycles. The molecule has 2 aromatic rings. The first-order valence-electron chi connectivity index (χ1n) is 8.21. The molecule has 2 aromatic carbocycles. The van der Waals surface area contributed by atoms with Gasteiger partial charge in [0.15, 0.2) is 16.7 Å². The maximum Gasteiger partial charge on any atom is 0.266 e. The number of thioether (sulfide) groups is 1. The molecular formula is C20H19FN2O3S. The molecule has 5 nitrogen and oxygen atoms in total. The quantitative estimate of drug-likeness (QED) is 0.731. The van der Waals surface area contributed by atoms with Gasteiger partial charge in [-0.05, 0) is 53.2 Å². The number of hydrogen-bond acceptors (Lipinski definition) is 5. The number of likely N-dealkylation sites (N-methyl/N-ethyl adjacent to an activating group) is 1. The van der Waals surface area contributed by atoms with Crippen molar-refractivity contribution in [2.75, 3.05) is 21.2 Å². The van der Waals surface area contributed by atoms with Crippen LogP contribution in [0.5, 0.6) is 11.5 Å². The number of aliphatic imine (C=N–C) groups is 1. The molecule has 0 radical (unpaired) electrons. The van der Waals surface area contributed by atoms with Gasteiger partial charge < -0.3 is 9.47 Å². The van der Waals surface area contributed by atoms with Crippen molar-refractivity contribution in [2.24, 2.45) is 4.99 Å². The van der Waals surface area contributed by atoms with Crippen LogP contribution in [0.15, 0.2) is 52.4 Å². The smallest absolute Gasteiger partial charge is 0.266 e. The number of hydrogen-bond donors (Lipinski definition) is 0. The van der Waals surface area contributed by atoms with Crippen LogP contribution < -0.4 is 9.47 Å².